The average Bonchev–Trinajstić information content (AvgIpc) is 2.76. The lowest BCUT2D eigenvalue weighted by Gasteiger charge is -2.35. The molecule has 94 valence electrons. The van der Waals surface area contributed by atoms with E-state index in [-0.39, 0.29) is 11.8 Å². The van der Waals surface area contributed by atoms with Crippen LogP contribution in [0.25, 0.3) is 0 Å². The van der Waals surface area contributed by atoms with E-state index >= 15 is 0 Å². The van der Waals surface area contributed by atoms with Crippen LogP contribution >= 0.6 is 22.6 Å². The number of anilines is 1. The van der Waals surface area contributed by atoms with Crippen LogP contribution in [-0.4, -0.2) is 17.1 Å². The fraction of sp³-hybridized carbons (Fsp3) is 0.357. The second-order valence-corrected chi connectivity index (χ2v) is 6.25. The number of carbonyl (C=O) groups is 1. The molecule has 0 amide bonds. The van der Waals surface area contributed by atoms with Crippen molar-refractivity contribution in [3.63, 3.8) is 0 Å². The van der Waals surface area contributed by atoms with Crippen LogP contribution < -0.4 is 5.32 Å². The minimum atomic E-state index is -0.752. The summed E-state index contributed by atoms with van der Waals surface area (Å²) < 4.78 is 1.21. The molecule has 1 aliphatic carbocycles. The van der Waals surface area contributed by atoms with Crippen molar-refractivity contribution in [3.05, 3.63) is 39.0 Å². The standard InChI is InChI=1S/C14H14INO2/c1-7-5-8(15)6-11-9-3-2-4-10(9)13(14(17)18)16-12(7)11/h2-3,5-6,9-10,13,16H,4H2,1H3,(H,17,18). The van der Waals surface area contributed by atoms with Crippen LogP contribution in [0.2, 0.25) is 0 Å². The Bertz CT molecular complexity index is 553. The van der Waals surface area contributed by atoms with Gasteiger partial charge in [-0.2, -0.15) is 0 Å². The minimum Gasteiger partial charge on any atom is -0.480 e. The van der Waals surface area contributed by atoms with Crippen LogP contribution in [0.3, 0.4) is 0 Å². The van der Waals surface area contributed by atoms with Gasteiger partial charge < -0.3 is 10.4 Å². The molecule has 1 aliphatic heterocycles. The number of carboxylic acid groups (broad SMARTS) is 1. The zero-order valence-corrected chi connectivity index (χ0v) is 12.1. The first-order chi connectivity index (χ1) is 8.58. The van der Waals surface area contributed by atoms with E-state index in [9.17, 15) is 9.90 Å². The highest BCUT2D eigenvalue weighted by Gasteiger charge is 2.41. The Balaban J connectivity index is 2.14. The highest BCUT2D eigenvalue weighted by Crippen LogP contribution is 2.46. The lowest BCUT2D eigenvalue weighted by atomic mass is 9.78. The topological polar surface area (TPSA) is 49.3 Å². The molecule has 2 aliphatic rings. The monoisotopic (exact) mass is 355 g/mol. The molecule has 18 heavy (non-hydrogen) atoms. The van der Waals surface area contributed by atoms with Crippen molar-refractivity contribution in [2.24, 2.45) is 5.92 Å². The van der Waals surface area contributed by atoms with E-state index < -0.39 is 12.0 Å². The third-order valence-electron chi connectivity index (χ3n) is 3.90. The minimum absolute atomic E-state index is 0.146. The molecule has 2 N–H and O–H groups in total. The normalized spacial score (nSPS) is 28.4. The summed E-state index contributed by atoms with van der Waals surface area (Å²) in [5.41, 5.74) is 3.38. The maximum Gasteiger partial charge on any atom is 0.326 e. The van der Waals surface area contributed by atoms with Gasteiger partial charge in [0.25, 0.3) is 0 Å². The fourth-order valence-corrected chi connectivity index (χ4v) is 3.89. The number of halogens is 1. The number of benzene rings is 1. The van der Waals surface area contributed by atoms with Crippen molar-refractivity contribution >= 4 is 34.2 Å². The summed E-state index contributed by atoms with van der Waals surface area (Å²) in [4.78, 5) is 11.4. The van der Waals surface area contributed by atoms with Gasteiger partial charge in [0.2, 0.25) is 0 Å². The molecule has 3 rings (SSSR count). The van der Waals surface area contributed by atoms with Gasteiger partial charge in [-0.1, -0.05) is 12.2 Å². The first-order valence-electron chi connectivity index (χ1n) is 6.04. The zero-order valence-electron chi connectivity index (χ0n) is 9.98. The molecule has 0 spiro atoms. The van der Waals surface area contributed by atoms with Crippen molar-refractivity contribution in [2.45, 2.75) is 25.3 Å². The Morgan fingerprint density at radius 3 is 3.00 bits per heavy atom. The zero-order chi connectivity index (χ0) is 12.9. The van der Waals surface area contributed by atoms with Crippen LogP contribution in [-0.2, 0) is 4.79 Å². The summed E-state index contributed by atoms with van der Waals surface area (Å²) in [6.45, 7) is 2.03. The van der Waals surface area contributed by atoms with E-state index in [1.54, 1.807) is 0 Å². The maximum absolute atomic E-state index is 11.4. The van der Waals surface area contributed by atoms with Gasteiger partial charge in [-0.15, -0.1) is 0 Å². The number of carboxylic acids is 1. The van der Waals surface area contributed by atoms with Crippen LogP contribution in [0.15, 0.2) is 24.3 Å². The Morgan fingerprint density at radius 2 is 2.28 bits per heavy atom. The van der Waals surface area contributed by atoms with Gasteiger partial charge in [0.1, 0.15) is 6.04 Å². The summed E-state index contributed by atoms with van der Waals surface area (Å²) in [6.07, 6.45) is 5.12. The second-order valence-electron chi connectivity index (χ2n) is 5.00. The quantitative estimate of drug-likeness (QED) is 0.601. The van der Waals surface area contributed by atoms with Crippen molar-refractivity contribution < 1.29 is 9.90 Å². The first kappa shape index (κ1) is 12.0. The number of allylic oxidation sites excluding steroid dienone is 2. The number of hydrogen-bond donors (Lipinski definition) is 2. The summed E-state index contributed by atoms with van der Waals surface area (Å²) >= 11 is 2.32. The number of fused-ring (bicyclic) bond motifs is 3. The van der Waals surface area contributed by atoms with Gasteiger partial charge in [-0.3, -0.25) is 0 Å². The number of nitrogens with one attached hydrogen (secondary N) is 1. The van der Waals surface area contributed by atoms with E-state index in [2.05, 4.69) is 52.2 Å². The SMILES string of the molecule is Cc1cc(I)cc2c1NC(C(=O)O)C1CC=CC21. The Morgan fingerprint density at radius 1 is 1.50 bits per heavy atom. The van der Waals surface area contributed by atoms with Gasteiger partial charge in [0.15, 0.2) is 0 Å². The van der Waals surface area contributed by atoms with Gasteiger partial charge in [0.05, 0.1) is 0 Å². The summed E-state index contributed by atoms with van der Waals surface area (Å²) in [5, 5.41) is 12.6. The average molecular weight is 355 g/mol. The molecular formula is C14H14INO2. The predicted octanol–water partition coefficient (Wildman–Crippen LogP) is 3.14. The second kappa shape index (κ2) is 4.26. The number of hydrogen-bond acceptors (Lipinski definition) is 2. The molecule has 0 bridgehead atoms. The van der Waals surface area contributed by atoms with Gasteiger partial charge >= 0.3 is 5.97 Å². The van der Waals surface area contributed by atoms with Gasteiger partial charge in [-0.05, 0) is 59.2 Å². The summed E-state index contributed by atoms with van der Waals surface area (Å²) in [7, 11) is 0. The van der Waals surface area contributed by atoms with Crippen molar-refractivity contribution in [3.8, 4) is 0 Å². The Kier molecular flexibility index (Phi) is 2.84. The molecule has 3 unspecified atom stereocenters. The summed E-state index contributed by atoms with van der Waals surface area (Å²) in [5.74, 6) is -0.360. The molecule has 0 radical (unpaired) electrons. The molecule has 1 aromatic rings. The molecule has 0 saturated heterocycles. The number of aliphatic carboxylic acids is 1. The number of aryl methyl sites for hydroxylation is 1. The molecule has 3 nitrogen and oxygen atoms in total. The van der Waals surface area contributed by atoms with Crippen LogP contribution in [0, 0.1) is 16.4 Å². The molecular weight excluding hydrogens is 341 g/mol. The lowest BCUT2D eigenvalue weighted by molar-refractivity contribution is -0.139. The molecule has 0 aromatic heterocycles. The van der Waals surface area contributed by atoms with Gasteiger partial charge in [0, 0.05) is 21.1 Å². The molecule has 0 saturated carbocycles. The maximum atomic E-state index is 11.4. The highest BCUT2D eigenvalue weighted by molar-refractivity contribution is 14.1. The van der Waals surface area contributed by atoms with Crippen molar-refractivity contribution in [1.82, 2.24) is 0 Å². The highest BCUT2D eigenvalue weighted by atomic mass is 127. The third-order valence-corrected chi connectivity index (χ3v) is 4.52. The molecule has 0 fully saturated rings. The van der Waals surface area contributed by atoms with Crippen molar-refractivity contribution in [1.29, 1.82) is 0 Å². The Hall–Kier alpha value is -1.04. The van der Waals surface area contributed by atoms with Crippen molar-refractivity contribution in [2.75, 3.05) is 5.32 Å². The largest absolute Gasteiger partial charge is 0.480 e. The van der Waals surface area contributed by atoms with E-state index in [1.165, 1.54) is 9.13 Å². The molecule has 4 heteroatoms. The lowest BCUT2D eigenvalue weighted by Crippen LogP contribution is -2.42. The number of rotatable bonds is 1. The Labute approximate surface area is 119 Å². The predicted molar refractivity (Wildman–Crippen MR) is 78.9 cm³/mol. The molecule has 1 heterocycles. The van der Waals surface area contributed by atoms with Crippen LogP contribution in [0.1, 0.15) is 23.5 Å². The first-order valence-corrected chi connectivity index (χ1v) is 7.12. The molecule has 3 atom stereocenters. The smallest absolute Gasteiger partial charge is 0.326 e. The third kappa shape index (κ3) is 1.74. The molecule has 1 aromatic carbocycles. The fourth-order valence-electron chi connectivity index (χ4n) is 3.09. The van der Waals surface area contributed by atoms with E-state index in [1.807, 2.05) is 6.92 Å². The summed E-state index contributed by atoms with van der Waals surface area (Å²) in [6, 6.07) is 3.78. The van der Waals surface area contributed by atoms with E-state index in [0.29, 0.717) is 0 Å². The van der Waals surface area contributed by atoms with E-state index in [4.69, 9.17) is 0 Å². The van der Waals surface area contributed by atoms with Gasteiger partial charge in [-0.25, -0.2) is 4.79 Å². The van der Waals surface area contributed by atoms with Crippen LogP contribution in [0.4, 0.5) is 5.69 Å². The van der Waals surface area contributed by atoms with Crippen LogP contribution in [0.5, 0.6) is 0 Å². The van der Waals surface area contributed by atoms with E-state index in [0.717, 1.165) is 17.7 Å².